The first kappa shape index (κ1) is 15.7. The molecular formula is C21H17NO2. The smallest absolute Gasteiger partial charge is 0.248 e. The van der Waals surface area contributed by atoms with Crippen molar-refractivity contribution >= 4 is 34.2 Å². The molecule has 0 aliphatic heterocycles. The highest BCUT2D eigenvalue weighted by Gasteiger charge is 2.02. The number of Topliss-reactive ketones (excluding diaryl/α,β-unsaturated/α-hetero) is 1. The molecule has 0 spiro atoms. The highest BCUT2D eigenvalue weighted by molar-refractivity contribution is 6.04. The van der Waals surface area contributed by atoms with Crippen LogP contribution in [0.5, 0.6) is 0 Å². The zero-order valence-corrected chi connectivity index (χ0v) is 13.3. The Morgan fingerprint density at radius 2 is 1.58 bits per heavy atom. The third-order valence-corrected chi connectivity index (χ3v) is 3.80. The van der Waals surface area contributed by atoms with E-state index in [0.29, 0.717) is 11.3 Å². The highest BCUT2D eigenvalue weighted by atomic mass is 16.1. The van der Waals surface area contributed by atoms with Crippen LogP contribution in [0.1, 0.15) is 22.8 Å². The molecule has 3 nitrogen and oxygen atoms in total. The third-order valence-electron chi connectivity index (χ3n) is 3.80. The molecule has 0 heterocycles. The minimum atomic E-state index is -0.210. The second-order valence-corrected chi connectivity index (χ2v) is 5.52. The second-order valence-electron chi connectivity index (χ2n) is 5.52. The van der Waals surface area contributed by atoms with Crippen LogP contribution < -0.4 is 5.32 Å². The molecule has 1 N–H and O–H groups in total. The fourth-order valence-electron chi connectivity index (χ4n) is 2.53. The maximum absolute atomic E-state index is 12.1. The Morgan fingerprint density at radius 3 is 2.33 bits per heavy atom. The molecule has 3 rings (SSSR count). The van der Waals surface area contributed by atoms with Crippen molar-refractivity contribution in [3.05, 3.63) is 83.9 Å². The summed E-state index contributed by atoms with van der Waals surface area (Å²) in [5.41, 5.74) is 2.28. The van der Waals surface area contributed by atoms with Gasteiger partial charge in [-0.05, 0) is 53.6 Å². The summed E-state index contributed by atoms with van der Waals surface area (Å²) < 4.78 is 0. The topological polar surface area (TPSA) is 46.2 Å². The Morgan fingerprint density at radius 1 is 0.875 bits per heavy atom. The Balaban J connectivity index is 1.74. The Kier molecular flexibility index (Phi) is 4.52. The van der Waals surface area contributed by atoms with Crippen LogP contribution in [0.2, 0.25) is 0 Å². The van der Waals surface area contributed by atoms with Crippen molar-refractivity contribution in [2.45, 2.75) is 6.92 Å². The number of benzene rings is 3. The van der Waals surface area contributed by atoms with E-state index in [2.05, 4.69) is 5.32 Å². The van der Waals surface area contributed by atoms with Crippen LogP contribution in [0, 0.1) is 0 Å². The number of hydrogen-bond acceptors (Lipinski definition) is 2. The Labute approximate surface area is 140 Å². The highest BCUT2D eigenvalue weighted by Crippen LogP contribution is 2.19. The first-order chi connectivity index (χ1) is 11.6. The monoisotopic (exact) mass is 315 g/mol. The molecule has 0 bridgehead atoms. The number of fused-ring (bicyclic) bond motifs is 1. The predicted molar refractivity (Wildman–Crippen MR) is 98.1 cm³/mol. The summed E-state index contributed by atoms with van der Waals surface area (Å²) >= 11 is 0. The van der Waals surface area contributed by atoms with Crippen LogP contribution in [0.3, 0.4) is 0 Å². The van der Waals surface area contributed by atoms with E-state index in [1.807, 2.05) is 48.5 Å². The van der Waals surface area contributed by atoms with Crippen molar-refractivity contribution in [1.29, 1.82) is 0 Å². The van der Waals surface area contributed by atoms with Gasteiger partial charge in [0.2, 0.25) is 5.91 Å². The molecule has 0 radical (unpaired) electrons. The number of hydrogen-bond donors (Lipinski definition) is 1. The molecule has 0 unspecified atom stereocenters. The van der Waals surface area contributed by atoms with Crippen LogP contribution >= 0.6 is 0 Å². The van der Waals surface area contributed by atoms with Crippen molar-refractivity contribution in [2.75, 3.05) is 5.32 Å². The van der Waals surface area contributed by atoms with Gasteiger partial charge in [-0.1, -0.05) is 42.5 Å². The normalized spacial score (nSPS) is 10.9. The number of carbonyl (C=O) groups excluding carboxylic acids is 2. The van der Waals surface area contributed by atoms with Gasteiger partial charge in [-0.25, -0.2) is 0 Å². The lowest BCUT2D eigenvalue weighted by atomic mass is 10.0. The lowest BCUT2D eigenvalue weighted by Crippen LogP contribution is -2.07. The van der Waals surface area contributed by atoms with Gasteiger partial charge >= 0.3 is 0 Å². The molecule has 0 aromatic heterocycles. The van der Waals surface area contributed by atoms with Crippen molar-refractivity contribution in [1.82, 2.24) is 0 Å². The first-order valence-corrected chi connectivity index (χ1v) is 7.71. The number of ketones is 1. The molecular weight excluding hydrogens is 298 g/mol. The predicted octanol–water partition coefficient (Wildman–Crippen LogP) is 4.69. The van der Waals surface area contributed by atoms with E-state index in [1.165, 1.54) is 13.0 Å². The summed E-state index contributed by atoms with van der Waals surface area (Å²) in [5, 5.41) is 5.03. The molecule has 0 fully saturated rings. The SMILES string of the molecule is CC(=O)c1ccc(NC(=O)/C=C/c2cccc3ccccc23)cc1. The van der Waals surface area contributed by atoms with Crippen molar-refractivity contribution < 1.29 is 9.59 Å². The van der Waals surface area contributed by atoms with Gasteiger partial charge in [-0.2, -0.15) is 0 Å². The number of anilines is 1. The maximum Gasteiger partial charge on any atom is 0.248 e. The van der Waals surface area contributed by atoms with E-state index in [4.69, 9.17) is 0 Å². The number of carbonyl (C=O) groups is 2. The minimum absolute atomic E-state index is 0.00345. The fourth-order valence-corrected chi connectivity index (χ4v) is 2.53. The molecule has 3 aromatic rings. The van der Waals surface area contributed by atoms with Crippen LogP contribution in [0.15, 0.2) is 72.8 Å². The summed E-state index contributed by atoms with van der Waals surface area (Å²) in [6.07, 6.45) is 3.32. The van der Waals surface area contributed by atoms with Crippen molar-refractivity contribution in [3.63, 3.8) is 0 Å². The van der Waals surface area contributed by atoms with Gasteiger partial charge in [0.1, 0.15) is 0 Å². The molecule has 0 aliphatic rings. The summed E-state index contributed by atoms with van der Waals surface area (Å²) in [6.45, 7) is 1.51. The number of nitrogens with one attached hydrogen (secondary N) is 1. The largest absolute Gasteiger partial charge is 0.323 e. The Bertz CT molecular complexity index is 919. The van der Waals surface area contributed by atoms with Gasteiger partial charge in [0.25, 0.3) is 0 Å². The molecule has 24 heavy (non-hydrogen) atoms. The minimum Gasteiger partial charge on any atom is -0.323 e. The van der Waals surface area contributed by atoms with Crippen LogP contribution in [-0.4, -0.2) is 11.7 Å². The van der Waals surface area contributed by atoms with E-state index < -0.39 is 0 Å². The molecule has 0 aliphatic carbocycles. The van der Waals surface area contributed by atoms with Gasteiger partial charge in [0, 0.05) is 17.3 Å². The third kappa shape index (κ3) is 3.58. The summed E-state index contributed by atoms with van der Waals surface area (Å²) in [6, 6.07) is 20.9. The van der Waals surface area contributed by atoms with Crippen LogP contribution in [-0.2, 0) is 4.79 Å². The first-order valence-electron chi connectivity index (χ1n) is 7.71. The zero-order chi connectivity index (χ0) is 16.9. The molecule has 3 aromatic carbocycles. The average Bonchev–Trinajstić information content (AvgIpc) is 2.60. The molecule has 1 amide bonds. The number of amides is 1. The standard InChI is InChI=1S/C21H17NO2/c1-15(23)16-9-12-19(13-10-16)22-21(24)14-11-18-7-4-6-17-5-2-3-8-20(17)18/h2-14H,1H3,(H,22,24)/b14-11+. The summed E-state index contributed by atoms with van der Waals surface area (Å²) in [5.74, 6) is -0.206. The summed E-state index contributed by atoms with van der Waals surface area (Å²) in [4.78, 5) is 23.3. The van der Waals surface area contributed by atoms with Gasteiger partial charge in [-0.3, -0.25) is 9.59 Å². The van der Waals surface area contributed by atoms with Crippen LogP contribution in [0.25, 0.3) is 16.8 Å². The van der Waals surface area contributed by atoms with Gasteiger partial charge in [0.05, 0.1) is 0 Å². The van der Waals surface area contributed by atoms with Gasteiger partial charge < -0.3 is 5.32 Å². The van der Waals surface area contributed by atoms with Gasteiger partial charge in [-0.15, -0.1) is 0 Å². The lowest BCUT2D eigenvalue weighted by Gasteiger charge is -2.04. The molecule has 3 heteroatoms. The molecule has 0 saturated carbocycles. The van der Waals surface area contributed by atoms with E-state index in [9.17, 15) is 9.59 Å². The van der Waals surface area contributed by atoms with E-state index in [-0.39, 0.29) is 11.7 Å². The van der Waals surface area contributed by atoms with E-state index in [0.717, 1.165) is 16.3 Å². The summed E-state index contributed by atoms with van der Waals surface area (Å²) in [7, 11) is 0. The van der Waals surface area contributed by atoms with E-state index in [1.54, 1.807) is 24.3 Å². The van der Waals surface area contributed by atoms with E-state index >= 15 is 0 Å². The lowest BCUT2D eigenvalue weighted by molar-refractivity contribution is -0.111. The molecule has 0 saturated heterocycles. The molecule has 118 valence electrons. The van der Waals surface area contributed by atoms with Crippen LogP contribution in [0.4, 0.5) is 5.69 Å². The maximum atomic E-state index is 12.1. The number of rotatable bonds is 4. The second kappa shape index (κ2) is 6.92. The molecule has 0 atom stereocenters. The van der Waals surface area contributed by atoms with Crippen molar-refractivity contribution in [2.24, 2.45) is 0 Å². The quantitative estimate of drug-likeness (QED) is 0.560. The fraction of sp³-hybridized carbons (Fsp3) is 0.0476. The Hall–Kier alpha value is -3.20. The van der Waals surface area contributed by atoms with Crippen molar-refractivity contribution in [3.8, 4) is 0 Å². The average molecular weight is 315 g/mol. The zero-order valence-electron chi connectivity index (χ0n) is 13.3. The van der Waals surface area contributed by atoms with Gasteiger partial charge in [0.15, 0.2) is 5.78 Å².